The molecule has 0 saturated carbocycles. The van der Waals surface area contributed by atoms with Gasteiger partial charge < -0.3 is 20.9 Å². The Morgan fingerprint density at radius 3 is 2.50 bits per heavy atom. The van der Waals surface area contributed by atoms with Crippen LogP contribution in [-0.2, 0) is 25.7 Å². The standard InChI is InChI=1S/C28H31F3N6O/c1-35-10-12-36(13-11-35)18-22-5-6-23(15-24(22)28(29,30)31)34-27(38)21-4-3-20-8-9-37(25(20)14-21)17-19-2-7-26(32)33-16-19/h2-7,14-16H,8-13,17-18H2,1H3,(H2,32,33)(H,34,38). The van der Waals surface area contributed by atoms with Crippen LogP contribution in [0.1, 0.15) is 32.6 Å². The van der Waals surface area contributed by atoms with Crippen LogP contribution in [-0.4, -0.2) is 60.5 Å². The summed E-state index contributed by atoms with van der Waals surface area (Å²) < 4.78 is 41.8. The molecule has 3 heterocycles. The zero-order chi connectivity index (χ0) is 26.9. The number of pyridine rings is 1. The molecule has 7 nitrogen and oxygen atoms in total. The molecule has 1 amide bonds. The van der Waals surface area contributed by atoms with Crippen LogP contribution < -0.4 is 16.0 Å². The summed E-state index contributed by atoms with van der Waals surface area (Å²) >= 11 is 0. The molecule has 1 saturated heterocycles. The lowest BCUT2D eigenvalue weighted by atomic mass is 10.0. The van der Waals surface area contributed by atoms with Crippen LogP contribution in [0.25, 0.3) is 0 Å². The molecule has 2 aliphatic rings. The molecule has 3 N–H and O–H groups in total. The van der Waals surface area contributed by atoms with Gasteiger partial charge in [0.1, 0.15) is 5.82 Å². The highest BCUT2D eigenvalue weighted by molar-refractivity contribution is 6.05. The number of amides is 1. The molecule has 5 rings (SSSR count). The van der Waals surface area contributed by atoms with Crippen LogP contribution >= 0.6 is 0 Å². The van der Waals surface area contributed by atoms with Gasteiger partial charge in [-0.1, -0.05) is 18.2 Å². The van der Waals surface area contributed by atoms with Crippen molar-refractivity contribution in [3.8, 4) is 0 Å². The van der Waals surface area contributed by atoms with Gasteiger partial charge >= 0.3 is 6.18 Å². The number of piperazine rings is 1. The number of aromatic nitrogens is 1. The summed E-state index contributed by atoms with van der Waals surface area (Å²) in [6.07, 6.45) is -1.94. The number of nitrogens with two attached hydrogens (primary N) is 1. The van der Waals surface area contributed by atoms with Crippen molar-refractivity contribution in [2.75, 3.05) is 55.7 Å². The van der Waals surface area contributed by atoms with Crippen LogP contribution in [0.3, 0.4) is 0 Å². The SMILES string of the molecule is CN1CCN(Cc2ccc(NC(=O)c3ccc4c(c3)N(Cc3ccc(N)nc3)CC4)cc2C(F)(F)F)CC1. The van der Waals surface area contributed by atoms with Gasteiger partial charge in [0.05, 0.1) is 5.56 Å². The number of likely N-dealkylation sites (N-methyl/N-ethyl adjacent to an activating group) is 1. The molecule has 0 unspecified atom stereocenters. The van der Waals surface area contributed by atoms with E-state index in [9.17, 15) is 18.0 Å². The lowest BCUT2D eigenvalue weighted by molar-refractivity contribution is -0.138. The highest BCUT2D eigenvalue weighted by Gasteiger charge is 2.34. The number of carbonyl (C=O) groups is 1. The van der Waals surface area contributed by atoms with E-state index < -0.39 is 17.6 Å². The number of rotatable bonds is 6. The van der Waals surface area contributed by atoms with Crippen molar-refractivity contribution < 1.29 is 18.0 Å². The number of anilines is 3. The van der Waals surface area contributed by atoms with Crippen LogP contribution in [0.15, 0.2) is 54.7 Å². The third-order valence-corrected chi connectivity index (χ3v) is 7.22. The van der Waals surface area contributed by atoms with Crippen LogP contribution in [0, 0.1) is 0 Å². The number of halogens is 3. The van der Waals surface area contributed by atoms with Gasteiger partial charge in [0, 0.05) is 68.9 Å². The summed E-state index contributed by atoms with van der Waals surface area (Å²) in [5, 5.41) is 2.67. The topological polar surface area (TPSA) is 77.7 Å². The normalized spacial score (nSPS) is 16.5. The maximum Gasteiger partial charge on any atom is 0.416 e. The Hall–Kier alpha value is -3.63. The summed E-state index contributed by atoms with van der Waals surface area (Å²) in [4.78, 5) is 23.5. The summed E-state index contributed by atoms with van der Waals surface area (Å²) in [7, 11) is 2.01. The zero-order valence-electron chi connectivity index (χ0n) is 21.3. The van der Waals surface area contributed by atoms with Gasteiger partial charge in [-0.2, -0.15) is 13.2 Å². The smallest absolute Gasteiger partial charge is 0.384 e. The van der Waals surface area contributed by atoms with Crippen LogP contribution in [0.2, 0.25) is 0 Å². The molecule has 3 aromatic rings. The minimum atomic E-state index is -4.52. The van der Waals surface area contributed by atoms with Crippen molar-refractivity contribution >= 4 is 23.1 Å². The first kappa shape index (κ1) is 26.0. The number of alkyl halides is 3. The van der Waals surface area contributed by atoms with E-state index >= 15 is 0 Å². The number of nitrogens with zero attached hydrogens (tertiary/aromatic N) is 4. The van der Waals surface area contributed by atoms with E-state index in [2.05, 4.69) is 20.1 Å². The number of benzene rings is 2. The van der Waals surface area contributed by atoms with Crippen molar-refractivity contribution in [1.29, 1.82) is 0 Å². The number of hydrogen-bond acceptors (Lipinski definition) is 6. The van der Waals surface area contributed by atoms with E-state index in [0.717, 1.165) is 62.0 Å². The maximum atomic E-state index is 13.9. The van der Waals surface area contributed by atoms with Crippen LogP contribution in [0.4, 0.5) is 30.4 Å². The van der Waals surface area contributed by atoms with Gasteiger partial charge in [-0.3, -0.25) is 9.69 Å². The summed E-state index contributed by atoms with van der Waals surface area (Å²) in [6.45, 7) is 4.73. The molecule has 0 radical (unpaired) electrons. The summed E-state index contributed by atoms with van der Waals surface area (Å²) in [5.41, 5.74) is 8.75. The van der Waals surface area contributed by atoms with Crippen molar-refractivity contribution in [1.82, 2.24) is 14.8 Å². The fourth-order valence-corrected chi connectivity index (χ4v) is 5.01. The average molecular weight is 525 g/mol. The number of hydrogen-bond donors (Lipinski definition) is 2. The van der Waals surface area contributed by atoms with Crippen molar-refractivity contribution in [3.63, 3.8) is 0 Å². The van der Waals surface area contributed by atoms with E-state index in [1.807, 2.05) is 24.1 Å². The number of nitrogen functional groups attached to an aromatic ring is 1. The van der Waals surface area contributed by atoms with E-state index in [4.69, 9.17) is 5.73 Å². The summed E-state index contributed by atoms with van der Waals surface area (Å²) in [6, 6.07) is 13.2. The molecular formula is C28H31F3N6O. The Kier molecular flexibility index (Phi) is 7.27. The minimum Gasteiger partial charge on any atom is -0.384 e. The van der Waals surface area contributed by atoms with Crippen molar-refractivity contribution in [2.45, 2.75) is 25.7 Å². The number of carbonyl (C=O) groups excluding carboxylic acids is 1. The molecule has 0 bridgehead atoms. The highest BCUT2D eigenvalue weighted by Crippen LogP contribution is 2.35. The quantitative estimate of drug-likeness (QED) is 0.502. The maximum absolute atomic E-state index is 13.9. The third kappa shape index (κ3) is 5.92. The Morgan fingerprint density at radius 1 is 1.00 bits per heavy atom. The van der Waals surface area contributed by atoms with Crippen LogP contribution in [0.5, 0.6) is 0 Å². The van der Waals surface area contributed by atoms with E-state index in [-0.39, 0.29) is 17.8 Å². The van der Waals surface area contributed by atoms with Gasteiger partial charge in [-0.05, 0) is 60.5 Å². The molecule has 200 valence electrons. The second-order valence-electron chi connectivity index (χ2n) is 10.0. The monoisotopic (exact) mass is 524 g/mol. The Labute approximate surface area is 220 Å². The first-order valence-corrected chi connectivity index (χ1v) is 12.7. The molecule has 0 aliphatic carbocycles. The molecule has 38 heavy (non-hydrogen) atoms. The molecule has 0 spiro atoms. The van der Waals surface area contributed by atoms with E-state index in [1.54, 1.807) is 30.5 Å². The predicted octanol–water partition coefficient (Wildman–Crippen LogP) is 4.25. The molecule has 1 fully saturated rings. The molecule has 2 aliphatic heterocycles. The fraction of sp³-hybridized carbons (Fsp3) is 0.357. The second-order valence-corrected chi connectivity index (χ2v) is 10.0. The lowest BCUT2D eigenvalue weighted by Gasteiger charge is -2.33. The van der Waals surface area contributed by atoms with Gasteiger partial charge in [0.2, 0.25) is 0 Å². The largest absolute Gasteiger partial charge is 0.416 e. The fourth-order valence-electron chi connectivity index (χ4n) is 5.01. The molecule has 2 aromatic carbocycles. The summed E-state index contributed by atoms with van der Waals surface area (Å²) in [5.74, 6) is 0.00400. The van der Waals surface area contributed by atoms with Gasteiger partial charge in [-0.25, -0.2) is 4.98 Å². The first-order chi connectivity index (χ1) is 18.2. The molecule has 10 heteroatoms. The Morgan fingerprint density at radius 2 is 1.79 bits per heavy atom. The number of nitrogens with one attached hydrogen (secondary N) is 1. The van der Waals surface area contributed by atoms with E-state index in [1.165, 1.54) is 6.07 Å². The number of fused-ring (bicyclic) bond motifs is 1. The first-order valence-electron chi connectivity index (χ1n) is 12.7. The van der Waals surface area contributed by atoms with Gasteiger partial charge in [0.25, 0.3) is 5.91 Å². The molecule has 0 atom stereocenters. The zero-order valence-corrected chi connectivity index (χ0v) is 21.3. The highest BCUT2D eigenvalue weighted by atomic mass is 19.4. The Balaban J connectivity index is 1.31. The van der Waals surface area contributed by atoms with Crippen molar-refractivity contribution in [3.05, 3.63) is 82.5 Å². The van der Waals surface area contributed by atoms with Crippen molar-refractivity contribution in [2.24, 2.45) is 0 Å². The van der Waals surface area contributed by atoms with E-state index in [0.29, 0.717) is 17.9 Å². The minimum absolute atomic E-state index is 0.120. The Bertz CT molecular complexity index is 1300. The third-order valence-electron chi connectivity index (χ3n) is 7.22. The van der Waals surface area contributed by atoms with Gasteiger partial charge in [0.15, 0.2) is 0 Å². The average Bonchev–Trinajstić information content (AvgIpc) is 3.29. The van der Waals surface area contributed by atoms with Gasteiger partial charge in [-0.15, -0.1) is 0 Å². The predicted molar refractivity (Wildman–Crippen MR) is 142 cm³/mol. The second kappa shape index (κ2) is 10.6. The lowest BCUT2D eigenvalue weighted by Crippen LogP contribution is -2.44. The molecular weight excluding hydrogens is 493 g/mol. The molecule has 1 aromatic heterocycles.